The molecule has 196 valence electrons. The number of methoxy groups -OCH3 is 1. The van der Waals surface area contributed by atoms with Gasteiger partial charge >= 0.3 is 6.18 Å². The van der Waals surface area contributed by atoms with Crippen LogP contribution in [-0.2, 0) is 15.7 Å². The molecule has 9 nitrogen and oxygen atoms in total. The summed E-state index contributed by atoms with van der Waals surface area (Å²) >= 11 is 0. The molecule has 2 heterocycles. The molecule has 0 saturated carbocycles. The zero-order valence-electron chi connectivity index (χ0n) is 20.6. The van der Waals surface area contributed by atoms with Gasteiger partial charge in [-0.25, -0.2) is 4.98 Å². The average molecular weight is 517 g/mol. The molecule has 1 amide bonds. The Hall–Kier alpha value is -4.06. The molecule has 1 saturated heterocycles. The first-order chi connectivity index (χ1) is 17.6. The lowest BCUT2D eigenvalue weighted by atomic mass is 10.1. The van der Waals surface area contributed by atoms with E-state index in [9.17, 15) is 18.0 Å². The Morgan fingerprint density at radius 3 is 2.46 bits per heavy atom. The van der Waals surface area contributed by atoms with Gasteiger partial charge in [0.15, 0.2) is 0 Å². The van der Waals surface area contributed by atoms with Gasteiger partial charge in [0.2, 0.25) is 11.9 Å². The average Bonchev–Trinajstić information content (AvgIpc) is 2.86. The first kappa shape index (κ1) is 26.0. The Balaban J connectivity index is 1.62. The van der Waals surface area contributed by atoms with Gasteiger partial charge in [-0.3, -0.25) is 4.79 Å². The number of alkyl halides is 3. The highest BCUT2D eigenvalue weighted by Crippen LogP contribution is 2.38. The van der Waals surface area contributed by atoms with Crippen LogP contribution < -0.4 is 25.6 Å². The number of benzene rings is 2. The third kappa shape index (κ3) is 6.39. The standard InChI is InChI=1S/C25H27F3N6O3/c1-15-12-17(4-6-20(15)30-16(2)35)31-24-29-14-19(25(26,27)28)23(33-24)32-21-7-5-18(13-22(21)36-3)34-8-10-37-11-9-34/h4-7,12-14H,8-11H2,1-3H3,(H,30,35)(H2,29,31,32,33). The Morgan fingerprint density at radius 1 is 1.08 bits per heavy atom. The normalized spacial score (nSPS) is 13.7. The Labute approximate surface area is 212 Å². The van der Waals surface area contributed by atoms with Crippen molar-refractivity contribution in [1.82, 2.24) is 9.97 Å². The van der Waals surface area contributed by atoms with E-state index in [4.69, 9.17) is 9.47 Å². The number of morpholine rings is 1. The van der Waals surface area contributed by atoms with Crippen LogP contribution in [0.3, 0.4) is 0 Å². The highest BCUT2D eigenvalue weighted by Gasteiger charge is 2.35. The molecule has 0 radical (unpaired) electrons. The second kappa shape index (κ2) is 10.9. The number of ether oxygens (including phenoxy) is 2. The summed E-state index contributed by atoms with van der Waals surface area (Å²) in [6.07, 6.45) is -3.96. The molecular formula is C25H27F3N6O3. The first-order valence-corrected chi connectivity index (χ1v) is 11.5. The van der Waals surface area contributed by atoms with Crippen LogP contribution in [0, 0.1) is 6.92 Å². The molecule has 1 aromatic heterocycles. The molecule has 1 aliphatic rings. The molecular weight excluding hydrogens is 489 g/mol. The highest BCUT2D eigenvalue weighted by molar-refractivity contribution is 5.89. The monoisotopic (exact) mass is 516 g/mol. The van der Waals surface area contributed by atoms with Gasteiger partial charge in [0, 0.05) is 49.3 Å². The van der Waals surface area contributed by atoms with Gasteiger partial charge in [0.05, 0.1) is 26.0 Å². The molecule has 2 aromatic carbocycles. The van der Waals surface area contributed by atoms with Crippen molar-refractivity contribution in [2.24, 2.45) is 0 Å². The summed E-state index contributed by atoms with van der Waals surface area (Å²) < 4.78 is 52.2. The van der Waals surface area contributed by atoms with Crippen LogP contribution in [0.25, 0.3) is 0 Å². The Bertz CT molecular complexity index is 1280. The number of hydrogen-bond acceptors (Lipinski definition) is 8. The summed E-state index contributed by atoms with van der Waals surface area (Å²) in [6.45, 7) is 5.82. The van der Waals surface area contributed by atoms with E-state index in [-0.39, 0.29) is 11.9 Å². The van der Waals surface area contributed by atoms with Crippen molar-refractivity contribution in [2.75, 3.05) is 54.3 Å². The molecule has 0 bridgehead atoms. The van der Waals surface area contributed by atoms with Crippen molar-refractivity contribution >= 4 is 40.4 Å². The van der Waals surface area contributed by atoms with Crippen LogP contribution in [0.2, 0.25) is 0 Å². The zero-order chi connectivity index (χ0) is 26.6. The number of carbonyl (C=O) groups excluding carboxylic acids is 1. The van der Waals surface area contributed by atoms with E-state index in [0.29, 0.717) is 49.1 Å². The smallest absolute Gasteiger partial charge is 0.421 e. The molecule has 0 aliphatic carbocycles. The Morgan fingerprint density at radius 2 is 1.81 bits per heavy atom. The molecule has 0 atom stereocenters. The van der Waals surface area contributed by atoms with E-state index < -0.39 is 17.6 Å². The maximum Gasteiger partial charge on any atom is 0.421 e. The van der Waals surface area contributed by atoms with E-state index in [1.165, 1.54) is 14.0 Å². The SMILES string of the molecule is COc1cc(N2CCOCC2)ccc1Nc1nc(Nc2ccc(NC(C)=O)c(C)c2)ncc1C(F)(F)F. The summed E-state index contributed by atoms with van der Waals surface area (Å²) in [5, 5.41) is 8.40. The third-order valence-corrected chi connectivity index (χ3v) is 5.70. The lowest BCUT2D eigenvalue weighted by Gasteiger charge is -2.29. The summed E-state index contributed by atoms with van der Waals surface area (Å²) in [7, 11) is 1.45. The van der Waals surface area contributed by atoms with Crippen molar-refractivity contribution in [1.29, 1.82) is 0 Å². The number of anilines is 6. The van der Waals surface area contributed by atoms with E-state index in [2.05, 4.69) is 30.8 Å². The van der Waals surface area contributed by atoms with Gasteiger partial charge in [-0.05, 0) is 42.8 Å². The van der Waals surface area contributed by atoms with Crippen LogP contribution in [-0.4, -0.2) is 49.3 Å². The highest BCUT2D eigenvalue weighted by atomic mass is 19.4. The molecule has 12 heteroatoms. The number of nitrogens with one attached hydrogen (secondary N) is 3. The van der Waals surface area contributed by atoms with E-state index >= 15 is 0 Å². The maximum absolute atomic E-state index is 13.8. The van der Waals surface area contributed by atoms with Crippen LogP contribution in [0.15, 0.2) is 42.6 Å². The topological polar surface area (TPSA) is 101 Å². The zero-order valence-corrected chi connectivity index (χ0v) is 20.6. The van der Waals surface area contributed by atoms with Crippen molar-refractivity contribution in [2.45, 2.75) is 20.0 Å². The number of carbonyl (C=O) groups is 1. The molecule has 1 aliphatic heterocycles. The number of hydrogen-bond donors (Lipinski definition) is 3. The summed E-state index contributed by atoms with van der Waals surface area (Å²) in [4.78, 5) is 21.4. The van der Waals surface area contributed by atoms with Crippen LogP contribution in [0.4, 0.5) is 47.7 Å². The molecule has 4 rings (SSSR count). The fourth-order valence-corrected chi connectivity index (χ4v) is 3.87. The van der Waals surface area contributed by atoms with Gasteiger partial charge < -0.3 is 30.3 Å². The van der Waals surface area contributed by atoms with E-state index in [1.807, 2.05) is 6.07 Å². The molecule has 3 N–H and O–H groups in total. The fourth-order valence-electron chi connectivity index (χ4n) is 3.87. The van der Waals surface area contributed by atoms with Gasteiger partial charge in [-0.1, -0.05) is 0 Å². The van der Waals surface area contributed by atoms with E-state index in [1.54, 1.807) is 37.3 Å². The quantitative estimate of drug-likeness (QED) is 0.399. The first-order valence-electron chi connectivity index (χ1n) is 11.5. The van der Waals surface area contributed by atoms with Crippen LogP contribution >= 0.6 is 0 Å². The van der Waals surface area contributed by atoms with Gasteiger partial charge in [-0.15, -0.1) is 0 Å². The summed E-state index contributed by atoms with van der Waals surface area (Å²) in [5.41, 5.74) is 2.12. The predicted octanol–water partition coefficient (Wildman–Crippen LogP) is 5.09. The van der Waals surface area contributed by atoms with Gasteiger partial charge in [-0.2, -0.15) is 18.2 Å². The summed E-state index contributed by atoms with van der Waals surface area (Å²) in [6, 6.07) is 10.3. The molecule has 1 fully saturated rings. The number of aryl methyl sites for hydroxylation is 1. The van der Waals surface area contributed by atoms with Crippen LogP contribution in [0.1, 0.15) is 18.1 Å². The number of nitrogens with zero attached hydrogens (tertiary/aromatic N) is 3. The largest absolute Gasteiger partial charge is 0.494 e. The molecule has 0 unspecified atom stereocenters. The lowest BCUT2D eigenvalue weighted by molar-refractivity contribution is -0.137. The van der Waals surface area contributed by atoms with Crippen molar-refractivity contribution in [3.63, 3.8) is 0 Å². The Kier molecular flexibility index (Phi) is 7.67. The third-order valence-electron chi connectivity index (χ3n) is 5.70. The minimum Gasteiger partial charge on any atom is -0.494 e. The number of rotatable bonds is 7. The lowest BCUT2D eigenvalue weighted by Crippen LogP contribution is -2.36. The molecule has 37 heavy (non-hydrogen) atoms. The number of aromatic nitrogens is 2. The van der Waals surface area contributed by atoms with Crippen molar-refractivity contribution in [3.05, 3.63) is 53.7 Å². The van der Waals surface area contributed by atoms with Crippen molar-refractivity contribution < 1.29 is 27.4 Å². The predicted molar refractivity (Wildman–Crippen MR) is 135 cm³/mol. The van der Waals surface area contributed by atoms with E-state index in [0.717, 1.165) is 17.4 Å². The second-order valence-electron chi connectivity index (χ2n) is 8.40. The second-order valence-corrected chi connectivity index (χ2v) is 8.40. The number of halogens is 3. The number of amides is 1. The van der Waals surface area contributed by atoms with Gasteiger partial charge in [0.25, 0.3) is 0 Å². The van der Waals surface area contributed by atoms with Crippen molar-refractivity contribution in [3.8, 4) is 5.75 Å². The van der Waals surface area contributed by atoms with Gasteiger partial charge in [0.1, 0.15) is 17.1 Å². The molecule has 3 aromatic rings. The minimum absolute atomic E-state index is 0.0360. The minimum atomic E-state index is -4.68. The summed E-state index contributed by atoms with van der Waals surface area (Å²) in [5.74, 6) is -0.298. The van der Waals surface area contributed by atoms with Crippen LogP contribution in [0.5, 0.6) is 5.75 Å². The fraction of sp³-hybridized carbons (Fsp3) is 0.320. The maximum atomic E-state index is 13.8. The molecule has 0 spiro atoms.